The van der Waals surface area contributed by atoms with Gasteiger partial charge in [-0.05, 0) is 66.1 Å². The summed E-state index contributed by atoms with van der Waals surface area (Å²) in [6.45, 7) is 9.60. The fourth-order valence-corrected chi connectivity index (χ4v) is 4.17. The second-order valence-electron chi connectivity index (χ2n) is 7.20. The molecular weight excluding hydrogens is 503 g/mol. The molecule has 0 aromatic heterocycles. The first-order valence-electron chi connectivity index (χ1n) is 10.5. The Morgan fingerprint density at radius 2 is 1.94 bits per heavy atom. The lowest BCUT2D eigenvalue weighted by Crippen LogP contribution is -3.00. The normalized spacial score (nSPS) is 14.2. The zero-order valence-corrected chi connectivity index (χ0v) is 20.9. The van der Waals surface area contributed by atoms with Crippen molar-refractivity contribution in [3.05, 3.63) is 57.0 Å². The molecule has 0 spiro atoms. The van der Waals surface area contributed by atoms with E-state index in [0.29, 0.717) is 24.0 Å². The third-order valence-corrected chi connectivity index (χ3v) is 5.92. The van der Waals surface area contributed by atoms with Crippen LogP contribution in [0.15, 0.2) is 40.9 Å². The molecule has 0 unspecified atom stereocenters. The highest BCUT2D eigenvalue weighted by atomic mass is 79.9. The molecule has 0 radical (unpaired) electrons. The van der Waals surface area contributed by atoms with Crippen LogP contribution in [0.3, 0.4) is 0 Å². The number of halogens is 3. The molecule has 172 valence electrons. The summed E-state index contributed by atoms with van der Waals surface area (Å²) in [5.41, 5.74) is 2.10. The lowest BCUT2D eigenvalue weighted by Gasteiger charge is -2.26. The zero-order valence-electron chi connectivity index (χ0n) is 17.8. The van der Waals surface area contributed by atoms with E-state index in [1.165, 1.54) is 0 Å². The van der Waals surface area contributed by atoms with Crippen molar-refractivity contribution < 1.29 is 26.6 Å². The molecule has 1 aliphatic heterocycles. The lowest BCUT2D eigenvalue weighted by molar-refractivity contribution is -0.00000825. The number of rotatable bonds is 11. The number of ether oxygens (including phenoxy) is 3. The van der Waals surface area contributed by atoms with Crippen molar-refractivity contribution in [3.8, 4) is 11.5 Å². The molecule has 1 saturated heterocycles. The Kier molecular flexibility index (Phi) is 12.0. The number of hydrogen-bond donors (Lipinski definition) is 1. The van der Waals surface area contributed by atoms with E-state index in [1.807, 2.05) is 37.3 Å². The van der Waals surface area contributed by atoms with E-state index >= 15 is 0 Å². The maximum Gasteiger partial charge on any atom is 0.175 e. The molecular formula is C23H30BrCl2N2O3-. The third kappa shape index (κ3) is 8.44. The van der Waals surface area contributed by atoms with Crippen molar-refractivity contribution >= 4 is 27.5 Å². The van der Waals surface area contributed by atoms with Crippen LogP contribution in [-0.2, 0) is 17.9 Å². The minimum atomic E-state index is 0. The van der Waals surface area contributed by atoms with Crippen LogP contribution in [-0.4, -0.2) is 50.9 Å². The number of morpholine rings is 1. The Morgan fingerprint density at radius 3 is 2.68 bits per heavy atom. The van der Waals surface area contributed by atoms with Gasteiger partial charge in [-0.25, -0.2) is 0 Å². The van der Waals surface area contributed by atoms with Crippen LogP contribution >= 0.6 is 27.5 Å². The summed E-state index contributed by atoms with van der Waals surface area (Å²) in [4.78, 5) is 2.46. The van der Waals surface area contributed by atoms with Crippen LogP contribution in [0.4, 0.5) is 0 Å². The minimum absolute atomic E-state index is 0. The minimum Gasteiger partial charge on any atom is -1.00 e. The Balaban J connectivity index is 0.00000341. The molecule has 2 aromatic rings. The molecule has 0 amide bonds. The fraction of sp³-hybridized carbons (Fsp3) is 0.478. The molecule has 1 fully saturated rings. The molecule has 1 heterocycles. The first-order valence-corrected chi connectivity index (χ1v) is 11.7. The van der Waals surface area contributed by atoms with E-state index in [9.17, 15) is 0 Å². The molecule has 5 nitrogen and oxygen atoms in total. The average Bonchev–Trinajstić information content (AvgIpc) is 2.75. The SMILES string of the molecule is CCOc1cc(CNCCCN2CCOCC2)cc(Br)c1OCc1ccccc1Cl.[Cl-]. The molecule has 31 heavy (non-hydrogen) atoms. The van der Waals surface area contributed by atoms with Crippen molar-refractivity contribution in [2.75, 3.05) is 46.0 Å². The van der Waals surface area contributed by atoms with Crippen LogP contribution < -0.4 is 27.2 Å². The number of nitrogens with one attached hydrogen (secondary N) is 1. The molecule has 0 atom stereocenters. The van der Waals surface area contributed by atoms with E-state index < -0.39 is 0 Å². The van der Waals surface area contributed by atoms with Gasteiger partial charge in [-0.15, -0.1) is 0 Å². The summed E-state index contributed by atoms with van der Waals surface area (Å²) in [5, 5.41) is 4.23. The van der Waals surface area contributed by atoms with Gasteiger partial charge in [-0.2, -0.15) is 0 Å². The highest BCUT2D eigenvalue weighted by molar-refractivity contribution is 9.10. The van der Waals surface area contributed by atoms with Crippen LogP contribution in [0.25, 0.3) is 0 Å². The molecule has 0 bridgehead atoms. The first-order chi connectivity index (χ1) is 14.7. The Labute approximate surface area is 204 Å². The first kappa shape index (κ1) is 26.2. The van der Waals surface area contributed by atoms with Crippen molar-refractivity contribution in [1.29, 1.82) is 0 Å². The van der Waals surface area contributed by atoms with Gasteiger partial charge in [0.05, 0.1) is 24.3 Å². The standard InChI is InChI=1S/C23H30BrClN2O3.ClH/c1-2-29-22-15-18(16-26-8-5-9-27-10-12-28-13-11-27)14-20(24)23(22)30-17-19-6-3-4-7-21(19)25;/h3-4,6-7,14-15,26H,2,5,8-13,16-17H2,1H3;1H/p-1. The average molecular weight is 533 g/mol. The second-order valence-corrected chi connectivity index (χ2v) is 8.46. The summed E-state index contributed by atoms with van der Waals surface area (Å²) in [6, 6.07) is 11.8. The van der Waals surface area contributed by atoms with Crippen molar-refractivity contribution in [2.45, 2.75) is 26.5 Å². The van der Waals surface area contributed by atoms with E-state index in [2.05, 4.69) is 32.2 Å². The zero-order chi connectivity index (χ0) is 21.2. The van der Waals surface area contributed by atoms with E-state index in [-0.39, 0.29) is 12.4 Å². The number of benzene rings is 2. The van der Waals surface area contributed by atoms with Gasteiger partial charge >= 0.3 is 0 Å². The third-order valence-electron chi connectivity index (χ3n) is 4.96. The summed E-state index contributed by atoms with van der Waals surface area (Å²) in [5.74, 6) is 1.44. The topological polar surface area (TPSA) is 43.0 Å². The predicted octanol–water partition coefficient (Wildman–Crippen LogP) is 1.90. The van der Waals surface area contributed by atoms with E-state index in [0.717, 1.165) is 73.7 Å². The highest BCUT2D eigenvalue weighted by Crippen LogP contribution is 2.37. The summed E-state index contributed by atoms with van der Waals surface area (Å²) in [7, 11) is 0. The Bertz CT molecular complexity index is 804. The van der Waals surface area contributed by atoms with Gasteiger partial charge in [0.2, 0.25) is 0 Å². The molecule has 2 aromatic carbocycles. The lowest BCUT2D eigenvalue weighted by atomic mass is 10.2. The van der Waals surface area contributed by atoms with Gasteiger partial charge in [0, 0.05) is 30.2 Å². The maximum absolute atomic E-state index is 6.25. The molecule has 1 aliphatic rings. The largest absolute Gasteiger partial charge is 1.00 e. The van der Waals surface area contributed by atoms with Crippen LogP contribution in [0.5, 0.6) is 11.5 Å². The predicted molar refractivity (Wildman–Crippen MR) is 125 cm³/mol. The van der Waals surface area contributed by atoms with Crippen LogP contribution in [0.2, 0.25) is 5.02 Å². The van der Waals surface area contributed by atoms with Gasteiger partial charge in [-0.1, -0.05) is 29.8 Å². The summed E-state index contributed by atoms with van der Waals surface area (Å²) >= 11 is 9.90. The molecule has 3 rings (SSSR count). The van der Waals surface area contributed by atoms with Crippen molar-refractivity contribution in [1.82, 2.24) is 10.2 Å². The van der Waals surface area contributed by atoms with Gasteiger partial charge in [-0.3, -0.25) is 4.90 Å². The molecule has 0 aliphatic carbocycles. The molecule has 0 saturated carbocycles. The summed E-state index contributed by atoms with van der Waals surface area (Å²) < 4.78 is 18.2. The van der Waals surface area contributed by atoms with Crippen molar-refractivity contribution in [2.24, 2.45) is 0 Å². The van der Waals surface area contributed by atoms with E-state index in [1.54, 1.807) is 0 Å². The van der Waals surface area contributed by atoms with Gasteiger partial charge in [0.1, 0.15) is 6.61 Å². The molecule has 8 heteroatoms. The van der Waals surface area contributed by atoms with Crippen LogP contribution in [0, 0.1) is 0 Å². The Hall–Kier alpha value is -1.02. The van der Waals surface area contributed by atoms with Gasteiger partial charge < -0.3 is 31.9 Å². The van der Waals surface area contributed by atoms with Gasteiger partial charge in [0.25, 0.3) is 0 Å². The van der Waals surface area contributed by atoms with Crippen molar-refractivity contribution in [3.63, 3.8) is 0 Å². The number of nitrogens with zero attached hydrogens (tertiary/aromatic N) is 1. The number of hydrogen-bond acceptors (Lipinski definition) is 5. The summed E-state index contributed by atoms with van der Waals surface area (Å²) in [6.07, 6.45) is 1.12. The molecule has 1 N–H and O–H groups in total. The van der Waals surface area contributed by atoms with Crippen LogP contribution in [0.1, 0.15) is 24.5 Å². The van der Waals surface area contributed by atoms with E-state index in [4.69, 9.17) is 25.8 Å². The Morgan fingerprint density at radius 1 is 1.16 bits per heavy atom. The maximum atomic E-state index is 6.25. The monoisotopic (exact) mass is 531 g/mol. The second kappa shape index (κ2) is 14.2. The fourth-order valence-electron chi connectivity index (χ4n) is 3.38. The quantitative estimate of drug-likeness (QED) is 0.448. The highest BCUT2D eigenvalue weighted by Gasteiger charge is 2.14. The van der Waals surface area contributed by atoms with Gasteiger partial charge in [0.15, 0.2) is 11.5 Å². The smallest absolute Gasteiger partial charge is 0.175 e.